The van der Waals surface area contributed by atoms with Crippen LogP contribution < -0.4 is 11.1 Å². The van der Waals surface area contributed by atoms with Crippen molar-refractivity contribution in [1.29, 1.82) is 0 Å². The Bertz CT molecular complexity index is 273. The number of carbonyl (C=O) groups is 2. The number of carbonyl (C=O) groups excluding carboxylic acids is 1. The van der Waals surface area contributed by atoms with Crippen molar-refractivity contribution in [3.05, 3.63) is 0 Å². The zero-order valence-corrected chi connectivity index (χ0v) is 8.56. The quantitative estimate of drug-likeness (QED) is 0.455. The molecule has 0 bridgehead atoms. The highest BCUT2D eigenvalue weighted by Crippen LogP contribution is 2.37. The number of aliphatic hydroxyl groups excluding tert-OH is 1. The van der Waals surface area contributed by atoms with E-state index in [0.717, 1.165) is 12.8 Å². The van der Waals surface area contributed by atoms with E-state index >= 15 is 0 Å². The summed E-state index contributed by atoms with van der Waals surface area (Å²) in [5, 5.41) is 19.7. The van der Waals surface area contributed by atoms with Gasteiger partial charge in [-0.25, -0.2) is 4.79 Å². The van der Waals surface area contributed by atoms with E-state index in [9.17, 15) is 9.59 Å². The van der Waals surface area contributed by atoms with Crippen LogP contribution in [0.15, 0.2) is 0 Å². The number of hydrogen-bond acceptors (Lipinski definition) is 4. The average Bonchev–Trinajstić information content (AvgIpc) is 2.95. The standard InChI is InChI=1S/C9H16N2O4/c1-9(10,5-2-3-5)8(15)11-4-6(12)7(13)14/h5-6,12H,2-4,10H2,1H3,(H,11,15)(H,13,14). The minimum absolute atomic E-state index is 0.166. The molecule has 1 rings (SSSR count). The molecule has 0 aromatic heterocycles. The summed E-state index contributed by atoms with van der Waals surface area (Å²) in [7, 11) is 0. The number of carboxylic acids is 1. The van der Waals surface area contributed by atoms with Crippen LogP contribution in [0.2, 0.25) is 0 Å². The van der Waals surface area contributed by atoms with Gasteiger partial charge >= 0.3 is 5.97 Å². The Kier molecular flexibility index (Phi) is 3.31. The number of nitrogens with two attached hydrogens (primary N) is 1. The molecule has 1 fully saturated rings. The van der Waals surface area contributed by atoms with Crippen molar-refractivity contribution in [3.63, 3.8) is 0 Å². The highest BCUT2D eigenvalue weighted by Gasteiger charge is 2.44. The Labute approximate surface area is 87.5 Å². The molecule has 0 aromatic rings. The summed E-state index contributed by atoms with van der Waals surface area (Å²) < 4.78 is 0. The van der Waals surface area contributed by atoms with E-state index in [1.54, 1.807) is 6.92 Å². The van der Waals surface area contributed by atoms with E-state index < -0.39 is 23.5 Å². The molecule has 0 radical (unpaired) electrons. The molecular formula is C9H16N2O4. The lowest BCUT2D eigenvalue weighted by molar-refractivity contribution is -0.146. The Morgan fingerprint density at radius 1 is 1.60 bits per heavy atom. The fourth-order valence-electron chi connectivity index (χ4n) is 1.34. The minimum Gasteiger partial charge on any atom is -0.479 e. The summed E-state index contributed by atoms with van der Waals surface area (Å²) in [4.78, 5) is 21.8. The van der Waals surface area contributed by atoms with Gasteiger partial charge in [0.25, 0.3) is 0 Å². The Morgan fingerprint density at radius 3 is 2.53 bits per heavy atom. The van der Waals surface area contributed by atoms with E-state index in [4.69, 9.17) is 15.9 Å². The maximum atomic E-state index is 11.5. The lowest BCUT2D eigenvalue weighted by atomic mass is 9.96. The highest BCUT2D eigenvalue weighted by molar-refractivity contribution is 5.87. The van der Waals surface area contributed by atoms with Crippen molar-refractivity contribution in [2.24, 2.45) is 11.7 Å². The lowest BCUT2D eigenvalue weighted by Crippen LogP contribution is -2.55. The number of hydrogen-bond donors (Lipinski definition) is 4. The van der Waals surface area contributed by atoms with Crippen LogP contribution >= 0.6 is 0 Å². The van der Waals surface area contributed by atoms with E-state index in [1.165, 1.54) is 0 Å². The van der Waals surface area contributed by atoms with Gasteiger partial charge in [0.05, 0.1) is 12.1 Å². The predicted octanol–water partition coefficient (Wildman–Crippen LogP) is -1.32. The number of amides is 1. The van der Waals surface area contributed by atoms with Crippen molar-refractivity contribution in [3.8, 4) is 0 Å². The number of aliphatic hydroxyl groups is 1. The van der Waals surface area contributed by atoms with Gasteiger partial charge in [-0.15, -0.1) is 0 Å². The van der Waals surface area contributed by atoms with Crippen molar-refractivity contribution >= 4 is 11.9 Å². The van der Waals surface area contributed by atoms with Gasteiger partial charge in [-0.1, -0.05) is 0 Å². The fourth-order valence-corrected chi connectivity index (χ4v) is 1.34. The predicted molar refractivity (Wildman–Crippen MR) is 52.0 cm³/mol. The third-order valence-corrected chi connectivity index (χ3v) is 2.66. The van der Waals surface area contributed by atoms with Crippen LogP contribution in [0.4, 0.5) is 0 Å². The first-order valence-corrected chi connectivity index (χ1v) is 4.83. The van der Waals surface area contributed by atoms with Crippen LogP contribution in [0, 0.1) is 5.92 Å². The molecule has 5 N–H and O–H groups in total. The molecule has 0 saturated heterocycles. The second-order valence-electron chi connectivity index (χ2n) is 4.12. The molecule has 1 aliphatic carbocycles. The first-order valence-electron chi connectivity index (χ1n) is 4.83. The van der Waals surface area contributed by atoms with Crippen LogP contribution in [0.1, 0.15) is 19.8 Å². The summed E-state index contributed by atoms with van der Waals surface area (Å²) >= 11 is 0. The van der Waals surface area contributed by atoms with Crippen molar-refractivity contribution in [2.45, 2.75) is 31.4 Å². The molecule has 1 saturated carbocycles. The summed E-state index contributed by atoms with van der Waals surface area (Å²) in [5.74, 6) is -1.61. The van der Waals surface area contributed by atoms with Crippen molar-refractivity contribution in [2.75, 3.05) is 6.54 Å². The molecule has 1 amide bonds. The fraction of sp³-hybridized carbons (Fsp3) is 0.778. The molecule has 0 aliphatic heterocycles. The van der Waals surface area contributed by atoms with Crippen LogP contribution in [-0.4, -0.2) is 40.3 Å². The minimum atomic E-state index is -1.58. The molecule has 0 spiro atoms. The van der Waals surface area contributed by atoms with Crippen LogP contribution in [-0.2, 0) is 9.59 Å². The van der Waals surface area contributed by atoms with Gasteiger partial charge < -0.3 is 21.3 Å². The van der Waals surface area contributed by atoms with Gasteiger partial charge in [0, 0.05) is 0 Å². The molecule has 86 valence electrons. The first-order chi connectivity index (χ1) is 6.85. The van der Waals surface area contributed by atoms with Crippen molar-refractivity contribution in [1.82, 2.24) is 5.32 Å². The molecule has 15 heavy (non-hydrogen) atoms. The van der Waals surface area contributed by atoms with Gasteiger partial charge in [0.15, 0.2) is 6.10 Å². The van der Waals surface area contributed by atoms with Crippen LogP contribution in [0.25, 0.3) is 0 Å². The Morgan fingerprint density at radius 2 is 2.13 bits per heavy atom. The maximum Gasteiger partial charge on any atom is 0.334 e. The number of rotatable bonds is 5. The van der Waals surface area contributed by atoms with Gasteiger partial charge in [0.1, 0.15) is 0 Å². The van der Waals surface area contributed by atoms with E-state index in [2.05, 4.69) is 5.32 Å². The molecule has 6 nitrogen and oxygen atoms in total. The number of aliphatic carboxylic acids is 1. The van der Waals surface area contributed by atoms with E-state index in [-0.39, 0.29) is 12.5 Å². The third-order valence-electron chi connectivity index (χ3n) is 2.66. The van der Waals surface area contributed by atoms with Gasteiger partial charge in [-0.2, -0.15) is 0 Å². The number of carboxylic acid groups (broad SMARTS) is 1. The molecule has 1 aliphatic rings. The SMILES string of the molecule is CC(N)(C(=O)NCC(O)C(=O)O)C1CC1. The highest BCUT2D eigenvalue weighted by atomic mass is 16.4. The normalized spacial score (nSPS) is 21.5. The molecule has 0 heterocycles. The molecule has 2 atom stereocenters. The zero-order valence-electron chi connectivity index (χ0n) is 8.56. The van der Waals surface area contributed by atoms with Crippen LogP contribution in [0.3, 0.4) is 0 Å². The molecule has 6 heteroatoms. The summed E-state index contributed by atoms with van der Waals surface area (Å²) in [6.45, 7) is 1.31. The number of nitrogens with one attached hydrogen (secondary N) is 1. The summed E-state index contributed by atoms with van der Waals surface area (Å²) in [6.07, 6.45) is 0.257. The summed E-state index contributed by atoms with van der Waals surface area (Å²) in [6, 6.07) is 0. The van der Waals surface area contributed by atoms with Gasteiger partial charge in [0.2, 0.25) is 5.91 Å². The third kappa shape index (κ3) is 2.90. The molecule has 0 aromatic carbocycles. The van der Waals surface area contributed by atoms with Gasteiger partial charge in [-0.3, -0.25) is 4.79 Å². The second kappa shape index (κ2) is 4.16. The molecule has 2 unspecified atom stereocenters. The van der Waals surface area contributed by atoms with E-state index in [1.807, 2.05) is 0 Å². The second-order valence-corrected chi connectivity index (χ2v) is 4.12. The summed E-state index contributed by atoms with van der Waals surface area (Å²) in [5.41, 5.74) is 4.83. The molecular weight excluding hydrogens is 200 g/mol. The van der Waals surface area contributed by atoms with Gasteiger partial charge in [-0.05, 0) is 25.7 Å². The largest absolute Gasteiger partial charge is 0.479 e. The van der Waals surface area contributed by atoms with Crippen LogP contribution in [0.5, 0.6) is 0 Å². The zero-order chi connectivity index (χ0) is 11.6. The Hall–Kier alpha value is -1.14. The lowest BCUT2D eigenvalue weighted by Gasteiger charge is -2.23. The topological polar surface area (TPSA) is 113 Å². The van der Waals surface area contributed by atoms with Crippen molar-refractivity contribution < 1.29 is 19.8 Å². The maximum absolute atomic E-state index is 11.5. The smallest absolute Gasteiger partial charge is 0.334 e. The average molecular weight is 216 g/mol. The monoisotopic (exact) mass is 216 g/mol. The Balaban J connectivity index is 2.38. The first kappa shape index (κ1) is 11.9. The van der Waals surface area contributed by atoms with E-state index in [0.29, 0.717) is 0 Å².